The number of thiophene rings is 1. The summed E-state index contributed by atoms with van der Waals surface area (Å²) in [5.41, 5.74) is 6.81. The van der Waals surface area contributed by atoms with E-state index >= 15 is 0 Å². The van der Waals surface area contributed by atoms with Crippen LogP contribution < -0.4 is 11.1 Å². The maximum absolute atomic E-state index is 12.4. The lowest BCUT2D eigenvalue weighted by Crippen LogP contribution is -2.30. The van der Waals surface area contributed by atoms with E-state index in [9.17, 15) is 14.4 Å². The fourth-order valence-electron chi connectivity index (χ4n) is 2.39. The molecule has 3 aromatic rings. The Labute approximate surface area is 158 Å². The second-order valence-electron chi connectivity index (χ2n) is 5.59. The third kappa shape index (κ3) is 4.06. The number of nitrogens with two attached hydrogens (primary N) is 1. The average Bonchev–Trinajstić information content (AvgIpc) is 3.31. The lowest BCUT2D eigenvalue weighted by molar-refractivity contribution is -0.123. The molecule has 0 saturated heterocycles. The van der Waals surface area contributed by atoms with Gasteiger partial charge in [0.05, 0.1) is 11.8 Å². The van der Waals surface area contributed by atoms with E-state index in [1.165, 1.54) is 19.3 Å². The summed E-state index contributed by atoms with van der Waals surface area (Å²) in [4.78, 5) is 36.0. The summed E-state index contributed by atoms with van der Waals surface area (Å²) in [5, 5.41) is 4.47. The molecule has 2 aromatic heterocycles. The van der Waals surface area contributed by atoms with Gasteiger partial charge in [-0.1, -0.05) is 30.3 Å². The lowest BCUT2D eigenvalue weighted by Gasteiger charge is -2.13. The van der Waals surface area contributed by atoms with Crippen molar-refractivity contribution in [3.63, 3.8) is 0 Å². The molecule has 0 saturated carbocycles. The SMILES string of the molecule is CC(OC(=O)c1occc1-c1ccccc1)C(=O)Nc1sccc1C(N)=O. The summed E-state index contributed by atoms with van der Waals surface area (Å²) in [7, 11) is 0. The molecule has 7 nitrogen and oxygen atoms in total. The molecule has 0 aliphatic carbocycles. The zero-order valence-corrected chi connectivity index (χ0v) is 15.1. The summed E-state index contributed by atoms with van der Waals surface area (Å²) in [5.74, 6) is -1.99. The van der Waals surface area contributed by atoms with Gasteiger partial charge in [-0.05, 0) is 30.0 Å². The van der Waals surface area contributed by atoms with Gasteiger partial charge in [0.25, 0.3) is 11.8 Å². The van der Waals surface area contributed by atoms with Gasteiger partial charge in [-0.2, -0.15) is 0 Å². The van der Waals surface area contributed by atoms with Crippen LogP contribution in [0.25, 0.3) is 11.1 Å². The zero-order chi connectivity index (χ0) is 19.4. The predicted molar refractivity (Wildman–Crippen MR) is 100 cm³/mol. The van der Waals surface area contributed by atoms with Gasteiger partial charge in [0, 0.05) is 5.56 Å². The molecule has 0 aliphatic rings. The van der Waals surface area contributed by atoms with Gasteiger partial charge in [0.2, 0.25) is 5.76 Å². The van der Waals surface area contributed by atoms with Gasteiger partial charge < -0.3 is 20.2 Å². The largest absolute Gasteiger partial charge is 0.457 e. The first kappa shape index (κ1) is 18.4. The number of anilines is 1. The molecule has 1 aromatic carbocycles. The molecule has 0 aliphatic heterocycles. The number of nitrogens with one attached hydrogen (secondary N) is 1. The fraction of sp³-hybridized carbons (Fsp3) is 0.105. The normalized spacial score (nSPS) is 11.6. The van der Waals surface area contributed by atoms with E-state index < -0.39 is 23.9 Å². The Balaban J connectivity index is 1.69. The Bertz CT molecular complexity index is 977. The van der Waals surface area contributed by atoms with Gasteiger partial charge in [0.1, 0.15) is 5.00 Å². The molecular weight excluding hydrogens is 368 g/mol. The number of hydrogen-bond donors (Lipinski definition) is 2. The highest BCUT2D eigenvalue weighted by Gasteiger charge is 2.25. The number of ether oxygens (including phenoxy) is 1. The molecule has 1 unspecified atom stereocenters. The third-order valence-corrected chi connectivity index (χ3v) is 4.59. The van der Waals surface area contributed by atoms with Crippen LogP contribution in [0.15, 0.2) is 58.5 Å². The van der Waals surface area contributed by atoms with E-state index in [0.29, 0.717) is 10.6 Å². The Morgan fingerprint density at radius 3 is 2.59 bits per heavy atom. The van der Waals surface area contributed by atoms with Gasteiger partial charge in [0.15, 0.2) is 6.10 Å². The van der Waals surface area contributed by atoms with E-state index in [2.05, 4.69) is 5.32 Å². The first-order valence-corrected chi connectivity index (χ1v) is 8.87. The van der Waals surface area contributed by atoms with E-state index in [1.54, 1.807) is 11.4 Å². The number of amides is 2. The molecule has 2 amide bonds. The number of primary amides is 1. The van der Waals surface area contributed by atoms with Crippen LogP contribution in [0.4, 0.5) is 5.00 Å². The molecule has 1 atom stereocenters. The van der Waals surface area contributed by atoms with Crippen molar-refractivity contribution in [2.75, 3.05) is 5.32 Å². The quantitative estimate of drug-likeness (QED) is 0.634. The van der Waals surface area contributed by atoms with Gasteiger partial charge in [-0.3, -0.25) is 9.59 Å². The summed E-state index contributed by atoms with van der Waals surface area (Å²) in [6.07, 6.45) is 0.281. The number of esters is 1. The van der Waals surface area contributed by atoms with Gasteiger partial charge in [-0.25, -0.2) is 4.79 Å². The van der Waals surface area contributed by atoms with Gasteiger partial charge >= 0.3 is 5.97 Å². The maximum Gasteiger partial charge on any atom is 0.375 e. The monoisotopic (exact) mass is 384 g/mol. The van der Waals surface area contributed by atoms with E-state index in [0.717, 1.165) is 16.9 Å². The van der Waals surface area contributed by atoms with E-state index in [4.69, 9.17) is 14.9 Å². The standard InChI is InChI=1S/C19H16N2O5S/c1-11(17(23)21-18-14(16(20)22)8-10-27-18)26-19(24)15-13(7-9-25-15)12-5-3-2-4-6-12/h2-11H,1H3,(H2,20,22)(H,21,23). The zero-order valence-electron chi connectivity index (χ0n) is 14.3. The van der Waals surface area contributed by atoms with E-state index in [1.807, 2.05) is 30.3 Å². The van der Waals surface area contributed by atoms with Crippen molar-refractivity contribution >= 4 is 34.1 Å². The van der Waals surface area contributed by atoms with Crippen LogP contribution >= 0.6 is 11.3 Å². The van der Waals surface area contributed by atoms with Crippen LogP contribution in [0.2, 0.25) is 0 Å². The average molecular weight is 384 g/mol. The van der Waals surface area contributed by atoms with Crippen LogP contribution in [-0.2, 0) is 9.53 Å². The van der Waals surface area contributed by atoms with E-state index in [-0.39, 0.29) is 11.3 Å². The van der Waals surface area contributed by atoms with Crippen molar-refractivity contribution < 1.29 is 23.5 Å². The minimum absolute atomic E-state index is 0.00907. The Hall–Kier alpha value is -3.39. The van der Waals surface area contributed by atoms with Crippen LogP contribution in [0, 0.1) is 0 Å². The molecular formula is C19H16N2O5S. The molecule has 8 heteroatoms. The Kier molecular flexibility index (Phi) is 5.37. The predicted octanol–water partition coefficient (Wildman–Crippen LogP) is 3.29. The van der Waals surface area contributed by atoms with Crippen molar-refractivity contribution in [2.24, 2.45) is 5.73 Å². The van der Waals surface area contributed by atoms with Crippen LogP contribution in [-0.4, -0.2) is 23.9 Å². The second kappa shape index (κ2) is 7.88. The molecule has 0 spiro atoms. The summed E-state index contributed by atoms with van der Waals surface area (Å²) in [6, 6.07) is 12.4. The smallest absolute Gasteiger partial charge is 0.375 e. The van der Waals surface area contributed by atoms with Gasteiger partial charge in [-0.15, -0.1) is 11.3 Å². The molecule has 0 bridgehead atoms. The number of hydrogen-bond acceptors (Lipinski definition) is 6. The van der Waals surface area contributed by atoms with Crippen LogP contribution in [0.3, 0.4) is 0 Å². The molecule has 3 rings (SSSR count). The molecule has 0 fully saturated rings. The lowest BCUT2D eigenvalue weighted by atomic mass is 10.1. The number of furan rings is 1. The maximum atomic E-state index is 12.4. The molecule has 3 N–H and O–H groups in total. The van der Waals surface area contributed by atoms with Crippen molar-refractivity contribution in [3.8, 4) is 11.1 Å². The van der Waals surface area contributed by atoms with Crippen LogP contribution in [0.1, 0.15) is 27.8 Å². The summed E-state index contributed by atoms with van der Waals surface area (Å²) < 4.78 is 10.5. The van der Waals surface area contributed by atoms with Crippen LogP contribution in [0.5, 0.6) is 0 Å². The summed E-state index contributed by atoms with van der Waals surface area (Å²) in [6.45, 7) is 1.43. The minimum Gasteiger partial charge on any atom is -0.457 e. The highest BCUT2D eigenvalue weighted by Crippen LogP contribution is 2.26. The molecule has 27 heavy (non-hydrogen) atoms. The Morgan fingerprint density at radius 2 is 1.89 bits per heavy atom. The highest BCUT2D eigenvalue weighted by atomic mass is 32.1. The molecule has 0 radical (unpaired) electrons. The fourth-order valence-corrected chi connectivity index (χ4v) is 3.19. The summed E-state index contributed by atoms with van der Waals surface area (Å²) >= 11 is 1.15. The molecule has 138 valence electrons. The van der Waals surface area contributed by atoms with Crippen molar-refractivity contribution in [2.45, 2.75) is 13.0 Å². The van der Waals surface area contributed by atoms with Crippen molar-refractivity contribution in [1.29, 1.82) is 0 Å². The number of carbonyl (C=O) groups excluding carboxylic acids is 3. The third-order valence-electron chi connectivity index (χ3n) is 3.76. The number of carbonyl (C=O) groups is 3. The Morgan fingerprint density at radius 1 is 1.15 bits per heavy atom. The molecule has 2 heterocycles. The number of rotatable bonds is 6. The highest BCUT2D eigenvalue weighted by molar-refractivity contribution is 7.14. The van der Waals surface area contributed by atoms with Crippen molar-refractivity contribution in [3.05, 3.63) is 65.4 Å². The first-order valence-electron chi connectivity index (χ1n) is 7.99. The number of benzene rings is 1. The topological polar surface area (TPSA) is 112 Å². The van der Waals surface area contributed by atoms with Crippen molar-refractivity contribution in [1.82, 2.24) is 0 Å². The minimum atomic E-state index is -1.10. The second-order valence-corrected chi connectivity index (χ2v) is 6.51. The first-order chi connectivity index (χ1) is 13.0.